The van der Waals surface area contributed by atoms with E-state index < -0.39 is 0 Å². The highest BCUT2D eigenvalue weighted by atomic mass is 35.5. The first-order chi connectivity index (χ1) is 9.72. The highest BCUT2D eigenvalue weighted by Crippen LogP contribution is 2.26. The number of rotatable bonds is 4. The fourth-order valence-electron chi connectivity index (χ4n) is 2.79. The first-order valence-electron chi connectivity index (χ1n) is 7.18. The van der Waals surface area contributed by atoms with Crippen molar-refractivity contribution in [1.29, 1.82) is 0 Å². The van der Waals surface area contributed by atoms with Crippen LogP contribution in [0.15, 0.2) is 28.2 Å². The highest BCUT2D eigenvalue weighted by Gasteiger charge is 2.23. The maximum atomic E-state index is 6.04. The molecule has 0 aromatic carbocycles. The summed E-state index contributed by atoms with van der Waals surface area (Å²) in [5.74, 6) is 1.47. The molecule has 0 spiro atoms. The molecule has 7 heteroatoms. The van der Waals surface area contributed by atoms with Crippen molar-refractivity contribution in [3.05, 3.63) is 29.5 Å². The summed E-state index contributed by atoms with van der Waals surface area (Å²) in [7, 11) is 0. The lowest BCUT2D eigenvalue weighted by Crippen LogP contribution is -2.41. The Bertz CT molecular complexity index is 545. The molecule has 2 atom stereocenters. The molecule has 1 aliphatic rings. The average molecular weight is 364 g/mol. The monoisotopic (exact) mass is 363 g/mol. The van der Waals surface area contributed by atoms with Gasteiger partial charge in [0, 0.05) is 24.5 Å². The van der Waals surface area contributed by atoms with Crippen molar-refractivity contribution in [1.82, 2.24) is 9.88 Å². The van der Waals surface area contributed by atoms with Gasteiger partial charge in [0.25, 0.3) is 0 Å². The van der Waals surface area contributed by atoms with Crippen LogP contribution in [0.2, 0.25) is 0 Å². The summed E-state index contributed by atoms with van der Waals surface area (Å²) in [6, 6.07) is 4.14. The van der Waals surface area contributed by atoms with Gasteiger partial charge in [-0.3, -0.25) is 4.90 Å². The van der Waals surface area contributed by atoms with E-state index >= 15 is 0 Å². The minimum atomic E-state index is 0. The molecule has 3 heterocycles. The van der Waals surface area contributed by atoms with E-state index in [9.17, 15) is 0 Å². The Kier molecular flexibility index (Phi) is 7.86. The Morgan fingerprint density at radius 3 is 3.00 bits per heavy atom. The molecule has 3 rings (SSSR count). The molecule has 2 N–H and O–H groups in total. The van der Waals surface area contributed by atoms with E-state index in [0.717, 1.165) is 36.1 Å². The van der Waals surface area contributed by atoms with Crippen LogP contribution < -0.4 is 5.73 Å². The van der Waals surface area contributed by atoms with Crippen molar-refractivity contribution in [2.75, 3.05) is 13.1 Å². The minimum Gasteiger partial charge on any atom is -0.462 e. The van der Waals surface area contributed by atoms with Crippen molar-refractivity contribution in [2.45, 2.75) is 32.4 Å². The second-order valence-electron chi connectivity index (χ2n) is 5.62. The van der Waals surface area contributed by atoms with Gasteiger partial charge in [0.1, 0.15) is 0 Å². The molecular formula is C15H23Cl2N3OS. The first kappa shape index (κ1) is 19.5. The molecule has 22 heavy (non-hydrogen) atoms. The van der Waals surface area contributed by atoms with Crippen LogP contribution in [0, 0.1) is 5.92 Å². The fourth-order valence-corrected chi connectivity index (χ4v) is 3.56. The summed E-state index contributed by atoms with van der Waals surface area (Å²) in [5, 5.41) is 3.10. The van der Waals surface area contributed by atoms with Crippen molar-refractivity contribution in [2.24, 2.45) is 11.7 Å². The maximum Gasteiger partial charge on any atom is 0.162 e. The topological polar surface area (TPSA) is 55.3 Å². The molecule has 0 saturated carbocycles. The minimum absolute atomic E-state index is 0. The van der Waals surface area contributed by atoms with Gasteiger partial charge in [-0.1, -0.05) is 0 Å². The smallest absolute Gasteiger partial charge is 0.162 e. The molecule has 4 nitrogen and oxygen atoms in total. The number of halogens is 2. The van der Waals surface area contributed by atoms with Gasteiger partial charge in [0.15, 0.2) is 10.8 Å². The zero-order chi connectivity index (χ0) is 13.9. The number of nitrogens with two attached hydrogens (primary N) is 1. The van der Waals surface area contributed by atoms with E-state index in [4.69, 9.17) is 10.2 Å². The summed E-state index contributed by atoms with van der Waals surface area (Å²) in [6.45, 7) is 5.27. The molecule has 1 saturated heterocycles. The number of thiazole rings is 1. The lowest BCUT2D eigenvalue weighted by atomic mass is 9.92. The van der Waals surface area contributed by atoms with Crippen molar-refractivity contribution in [3.63, 3.8) is 0 Å². The van der Waals surface area contributed by atoms with Crippen LogP contribution in [-0.4, -0.2) is 29.0 Å². The van der Waals surface area contributed by atoms with E-state index in [0.29, 0.717) is 5.92 Å². The quantitative estimate of drug-likeness (QED) is 0.897. The Morgan fingerprint density at radius 1 is 1.50 bits per heavy atom. The summed E-state index contributed by atoms with van der Waals surface area (Å²) in [5.41, 5.74) is 7.17. The normalized spacial score (nSPS) is 20.0. The van der Waals surface area contributed by atoms with Gasteiger partial charge in [-0.25, -0.2) is 4.98 Å². The molecule has 2 aromatic heterocycles. The lowest BCUT2D eigenvalue weighted by molar-refractivity contribution is 0.153. The lowest BCUT2D eigenvalue weighted by Gasteiger charge is -2.34. The molecule has 1 fully saturated rings. The highest BCUT2D eigenvalue weighted by molar-refractivity contribution is 7.13. The molecule has 0 bridgehead atoms. The second kappa shape index (κ2) is 8.89. The fraction of sp³-hybridized carbons (Fsp3) is 0.533. The number of aromatic nitrogens is 1. The van der Waals surface area contributed by atoms with Crippen LogP contribution in [-0.2, 0) is 6.54 Å². The summed E-state index contributed by atoms with van der Waals surface area (Å²) < 4.78 is 5.39. The number of furan rings is 1. The zero-order valence-corrected chi connectivity index (χ0v) is 15.1. The molecular weight excluding hydrogens is 341 g/mol. The van der Waals surface area contributed by atoms with Crippen LogP contribution in [0.1, 0.15) is 25.5 Å². The third kappa shape index (κ3) is 4.70. The largest absolute Gasteiger partial charge is 0.462 e. The number of hydrogen-bond donors (Lipinski definition) is 1. The SMILES string of the molecule is CC(N)C1CCCN(Cc2csc(-c3ccco3)n2)C1.Cl.Cl. The third-order valence-corrected chi connectivity index (χ3v) is 4.86. The van der Waals surface area contributed by atoms with Gasteiger partial charge in [0.05, 0.1) is 12.0 Å². The van der Waals surface area contributed by atoms with E-state index in [1.165, 1.54) is 12.8 Å². The van der Waals surface area contributed by atoms with E-state index in [1.807, 2.05) is 12.1 Å². The standard InChI is InChI=1S/C15H21N3OS.2ClH/c1-11(16)12-4-2-6-18(8-12)9-13-10-20-15(17-13)14-5-3-7-19-14;;/h3,5,7,10-12H,2,4,6,8-9,16H2,1H3;2*1H. The van der Waals surface area contributed by atoms with Gasteiger partial charge >= 0.3 is 0 Å². The van der Waals surface area contributed by atoms with Crippen molar-refractivity contribution >= 4 is 36.2 Å². The molecule has 0 radical (unpaired) electrons. The Morgan fingerprint density at radius 2 is 2.32 bits per heavy atom. The van der Waals surface area contributed by atoms with Crippen LogP contribution in [0.4, 0.5) is 0 Å². The van der Waals surface area contributed by atoms with Gasteiger partial charge in [-0.05, 0) is 44.4 Å². The van der Waals surface area contributed by atoms with E-state index in [1.54, 1.807) is 17.6 Å². The number of piperidine rings is 1. The maximum absolute atomic E-state index is 6.04. The molecule has 0 aliphatic carbocycles. The molecule has 2 unspecified atom stereocenters. The van der Waals surface area contributed by atoms with Crippen LogP contribution >= 0.6 is 36.2 Å². The average Bonchev–Trinajstić information content (AvgIpc) is 3.09. The number of likely N-dealkylation sites (tertiary alicyclic amines) is 1. The first-order valence-corrected chi connectivity index (χ1v) is 8.06. The van der Waals surface area contributed by atoms with Crippen LogP contribution in [0.3, 0.4) is 0 Å². The molecule has 2 aromatic rings. The van der Waals surface area contributed by atoms with E-state index in [2.05, 4.69) is 22.2 Å². The summed E-state index contributed by atoms with van der Waals surface area (Å²) >= 11 is 1.65. The van der Waals surface area contributed by atoms with Gasteiger partial charge in [-0.15, -0.1) is 36.2 Å². The molecule has 124 valence electrons. The molecule has 1 aliphatic heterocycles. The zero-order valence-electron chi connectivity index (χ0n) is 12.6. The van der Waals surface area contributed by atoms with Gasteiger partial charge < -0.3 is 10.2 Å². The van der Waals surface area contributed by atoms with Crippen molar-refractivity contribution in [3.8, 4) is 10.8 Å². The predicted octanol–water partition coefficient (Wildman–Crippen LogP) is 3.81. The Labute approximate surface area is 147 Å². The summed E-state index contributed by atoms with van der Waals surface area (Å²) in [6.07, 6.45) is 4.18. The van der Waals surface area contributed by atoms with Gasteiger partial charge in [-0.2, -0.15) is 0 Å². The summed E-state index contributed by atoms with van der Waals surface area (Å²) in [4.78, 5) is 7.14. The van der Waals surface area contributed by atoms with E-state index in [-0.39, 0.29) is 30.9 Å². The van der Waals surface area contributed by atoms with Crippen LogP contribution in [0.5, 0.6) is 0 Å². The van der Waals surface area contributed by atoms with Crippen molar-refractivity contribution < 1.29 is 4.42 Å². The second-order valence-corrected chi connectivity index (χ2v) is 6.48. The Balaban J connectivity index is 0.00000121. The number of nitrogens with zero attached hydrogens (tertiary/aromatic N) is 2. The van der Waals surface area contributed by atoms with Crippen LogP contribution in [0.25, 0.3) is 10.8 Å². The molecule has 0 amide bonds. The predicted molar refractivity (Wildman–Crippen MR) is 96.0 cm³/mol. The van der Waals surface area contributed by atoms with Gasteiger partial charge in [0.2, 0.25) is 0 Å². The number of hydrogen-bond acceptors (Lipinski definition) is 5. The Hall–Kier alpha value is -0.590. The third-order valence-electron chi connectivity index (χ3n) is 3.95.